The molecule has 1 aliphatic rings. The van der Waals surface area contributed by atoms with Crippen molar-refractivity contribution in [1.82, 2.24) is 9.78 Å². The Bertz CT molecular complexity index is 820. The first kappa shape index (κ1) is 16.8. The Kier molecular flexibility index (Phi) is 4.89. The third-order valence-electron chi connectivity index (χ3n) is 3.59. The Balaban J connectivity index is 1.99. The number of esters is 1. The van der Waals surface area contributed by atoms with E-state index in [1.165, 1.54) is 0 Å². The molecule has 0 unspecified atom stereocenters. The van der Waals surface area contributed by atoms with Crippen LogP contribution in [0, 0.1) is 11.3 Å². The first-order valence-electron chi connectivity index (χ1n) is 8.14. The smallest absolute Gasteiger partial charge is 0.342 e. The Hall–Kier alpha value is -3.01. The lowest BCUT2D eigenvalue weighted by Gasteiger charge is -2.18. The monoisotopic (exact) mass is 341 g/mol. The minimum atomic E-state index is -0.442. The van der Waals surface area contributed by atoms with Gasteiger partial charge in [0.05, 0.1) is 25.1 Å². The highest BCUT2D eigenvalue weighted by molar-refractivity contribution is 5.96. The molecular formula is C18H19N3O4. The van der Waals surface area contributed by atoms with E-state index in [1.54, 1.807) is 36.9 Å². The lowest BCUT2D eigenvalue weighted by atomic mass is 10.1. The van der Waals surface area contributed by atoms with E-state index in [1.807, 2.05) is 6.07 Å². The summed E-state index contributed by atoms with van der Waals surface area (Å²) in [5, 5.41) is 13.2. The number of hydrogen-bond acceptors (Lipinski definition) is 6. The van der Waals surface area contributed by atoms with Crippen molar-refractivity contribution in [2.24, 2.45) is 0 Å². The van der Waals surface area contributed by atoms with Crippen LogP contribution in [-0.4, -0.2) is 35.1 Å². The summed E-state index contributed by atoms with van der Waals surface area (Å²) in [5.41, 5.74) is 1.60. The molecule has 0 radical (unpaired) electrons. The van der Waals surface area contributed by atoms with Crippen molar-refractivity contribution in [2.75, 3.05) is 13.2 Å². The average molecular weight is 341 g/mol. The molecule has 7 nitrogen and oxygen atoms in total. The van der Waals surface area contributed by atoms with Gasteiger partial charge in [0, 0.05) is 11.8 Å². The predicted octanol–water partition coefficient (Wildman–Crippen LogP) is 2.80. The van der Waals surface area contributed by atoms with E-state index in [4.69, 9.17) is 19.5 Å². The van der Waals surface area contributed by atoms with E-state index >= 15 is 0 Å². The molecule has 0 spiro atoms. The van der Waals surface area contributed by atoms with Crippen LogP contribution in [0.15, 0.2) is 24.4 Å². The fourth-order valence-corrected chi connectivity index (χ4v) is 2.53. The fourth-order valence-electron chi connectivity index (χ4n) is 2.53. The second-order valence-electron chi connectivity index (χ2n) is 5.88. The fraction of sp³-hybridized carbons (Fsp3) is 0.389. The standard InChI is InChI=1S/C18H19N3O4/c1-12(2)25-18(22)14-11-21(7-3-6-19)20-17(14)13-4-5-15-16(10-13)24-9-8-23-15/h4-5,10-12H,3,7-9H2,1-2H3. The summed E-state index contributed by atoms with van der Waals surface area (Å²) >= 11 is 0. The van der Waals surface area contributed by atoms with Gasteiger partial charge in [0.15, 0.2) is 11.5 Å². The zero-order chi connectivity index (χ0) is 17.8. The van der Waals surface area contributed by atoms with E-state index in [0.29, 0.717) is 48.9 Å². The van der Waals surface area contributed by atoms with E-state index < -0.39 is 5.97 Å². The highest BCUT2D eigenvalue weighted by Crippen LogP contribution is 2.35. The van der Waals surface area contributed by atoms with E-state index in [2.05, 4.69) is 11.2 Å². The molecule has 2 heterocycles. The number of carbonyl (C=O) groups is 1. The topological polar surface area (TPSA) is 86.4 Å². The van der Waals surface area contributed by atoms with Gasteiger partial charge in [-0.05, 0) is 32.0 Å². The summed E-state index contributed by atoms with van der Waals surface area (Å²) in [6.07, 6.45) is 1.69. The van der Waals surface area contributed by atoms with Crippen molar-refractivity contribution < 1.29 is 19.0 Å². The maximum absolute atomic E-state index is 12.4. The summed E-state index contributed by atoms with van der Waals surface area (Å²) < 4.78 is 18.0. The van der Waals surface area contributed by atoms with Gasteiger partial charge in [-0.15, -0.1) is 0 Å². The lowest BCUT2D eigenvalue weighted by Crippen LogP contribution is -2.15. The molecule has 0 amide bonds. The Labute approximate surface area is 145 Å². The molecular weight excluding hydrogens is 322 g/mol. The number of benzene rings is 1. The Morgan fingerprint density at radius 1 is 1.36 bits per heavy atom. The first-order chi connectivity index (χ1) is 12.1. The molecule has 0 saturated carbocycles. The summed E-state index contributed by atoms with van der Waals surface area (Å²) in [6, 6.07) is 7.51. The maximum Gasteiger partial charge on any atom is 0.342 e. The summed E-state index contributed by atoms with van der Waals surface area (Å²) in [4.78, 5) is 12.4. The second-order valence-corrected chi connectivity index (χ2v) is 5.88. The van der Waals surface area contributed by atoms with Crippen molar-refractivity contribution in [3.63, 3.8) is 0 Å². The van der Waals surface area contributed by atoms with Crippen molar-refractivity contribution in [3.05, 3.63) is 30.0 Å². The summed E-state index contributed by atoms with van der Waals surface area (Å²) in [5.74, 6) is 0.854. The van der Waals surface area contributed by atoms with Crippen LogP contribution in [0.1, 0.15) is 30.6 Å². The largest absolute Gasteiger partial charge is 0.486 e. The van der Waals surface area contributed by atoms with Gasteiger partial charge in [-0.1, -0.05) is 0 Å². The summed E-state index contributed by atoms with van der Waals surface area (Å²) in [7, 11) is 0. The predicted molar refractivity (Wildman–Crippen MR) is 89.4 cm³/mol. The van der Waals surface area contributed by atoms with Crippen LogP contribution in [-0.2, 0) is 11.3 Å². The number of nitrogens with zero attached hydrogens (tertiary/aromatic N) is 3. The van der Waals surface area contributed by atoms with Gasteiger partial charge in [-0.3, -0.25) is 4.68 Å². The normalized spacial score (nSPS) is 12.7. The van der Waals surface area contributed by atoms with E-state index in [9.17, 15) is 4.79 Å². The molecule has 7 heteroatoms. The molecule has 0 fully saturated rings. The Morgan fingerprint density at radius 3 is 2.84 bits per heavy atom. The molecule has 130 valence electrons. The number of nitriles is 1. The third kappa shape index (κ3) is 3.74. The SMILES string of the molecule is CC(C)OC(=O)c1cn(CCC#N)nc1-c1ccc2c(c1)OCCO2. The van der Waals surface area contributed by atoms with Crippen LogP contribution >= 0.6 is 0 Å². The zero-order valence-corrected chi connectivity index (χ0v) is 14.2. The quantitative estimate of drug-likeness (QED) is 0.777. The number of fused-ring (bicyclic) bond motifs is 1. The molecule has 0 aliphatic carbocycles. The number of hydrogen-bond donors (Lipinski definition) is 0. The van der Waals surface area contributed by atoms with Gasteiger partial charge >= 0.3 is 5.97 Å². The van der Waals surface area contributed by atoms with Gasteiger partial charge in [0.25, 0.3) is 0 Å². The molecule has 3 rings (SSSR count). The molecule has 0 saturated heterocycles. The van der Waals surface area contributed by atoms with E-state index in [-0.39, 0.29) is 6.10 Å². The first-order valence-corrected chi connectivity index (χ1v) is 8.14. The molecule has 0 N–H and O–H groups in total. The van der Waals surface area contributed by atoms with Crippen molar-refractivity contribution in [3.8, 4) is 28.8 Å². The minimum absolute atomic E-state index is 0.233. The highest BCUT2D eigenvalue weighted by atomic mass is 16.6. The van der Waals surface area contributed by atoms with Crippen LogP contribution in [0.2, 0.25) is 0 Å². The third-order valence-corrected chi connectivity index (χ3v) is 3.59. The molecule has 0 atom stereocenters. The van der Waals surface area contributed by atoms with Gasteiger partial charge in [0.1, 0.15) is 24.5 Å². The maximum atomic E-state index is 12.4. The van der Waals surface area contributed by atoms with Crippen molar-refractivity contribution in [2.45, 2.75) is 32.9 Å². The number of ether oxygens (including phenoxy) is 3. The van der Waals surface area contributed by atoms with E-state index in [0.717, 1.165) is 5.56 Å². The minimum Gasteiger partial charge on any atom is -0.486 e. The molecule has 1 aromatic heterocycles. The molecule has 2 aromatic rings. The van der Waals surface area contributed by atoms with Crippen LogP contribution in [0.4, 0.5) is 0 Å². The van der Waals surface area contributed by atoms with Crippen molar-refractivity contribution in [1.29, 1.82) is 5.26 Å². The second kappa shape index (κ2) is 7.26. The lowest BCUT2D eigenvalue weighted by molar-refractivity contribution is 0.0378. The van der Waals surface area contributed by atoms with Gasteiger partial charge in [-0.25, -0.2) is 4.79 Å². The van der Waals surface area contributed by atoms with Crippen LogP contribution in [0.3, 0.4) is 0 Å². The molecule has 25 heavy (non-hydrogen) atoms. The molecule has 1 aliphatic heterocycles. The average Bonchev–Trinajstić information content (AvgIpc) is 3.03. The van der Waals surface area contributed by atoms with Gasteiger partial charge in [0.2, 0.25) is 0 Å². The number of rotatable bonds is 5. The number of aryl methyl sites for hydroxylation is 1. The highest BCUT2D eigenvalue weighted by Gasteiger charge is 2.22. The number of aromatic nitrogens is 2. The van der Waals surface area contributed by atoms with Crippen LogP contribution < -0.4 is 9.47 Å². The number of carbonyl (C=O) groups excluding carboxylic acids is 1. The molecule has 0 bridgehead atoms. The van der Waals surface area contributed by atoms with Crippen LogP contribution in [0.25, 0.3) is 11.3 Å². The molecule has 1 aromatic carbocycles. The Morgan fingerprint density at radius 2 is 2.12 bits per heavy atom. The van der Waals surface area contributed by atoms with Gasteiger partial charge < -0.3 is 14.2 Å². The van der Waals surface area contributed by atoms with Gasteiger partial charge in [-0.2, -0.15) is 10.4 Å². The summed E-state index contributed by atoms with van der Waals surface area (Å²) in [6.45, 7) is 4.99. The zero-order valence-electron chi connectivity index (χ0n) is 14.2. The van der Waals surface area contributed by atoms with Crippen LogP contribution in [0.5, 0.6) is 11.5 Å². The van der Waals surface area contributed by atoms with Crippen molar-refractivity contribution >= 4 is 5.97 Å².